The summed E-state index contributed by atoms with van der Waals surface area (Å²) in [6.45, 7) is 3.85. The molecule has 0 spiro atoms. The van der Waals surface area contributed by atoms with Crippen molar-refractivity contribution in [3.05, 3.63) is 77.1 Å². The van der Waals surface area contributed by atoms with Gasteiger partial charge in [-0.25, -0.2) is 14.8 Å². The second-order valence-electron chi connectivity index (χ2n) is 6.30. The maximum absolute atomic E-state index is 12.6. The van der Waals surface area contributed by atoms with Gasteiger partial charge in [0.25, 0.3) is 0 Å². The number of carbonyl (C=O) groups is 1. The zero-order valence-electron chi connectivity index (χ0n) is 15.5. The first kappa shape index (κ1) is 18.2. The summed E-state index contributed by atoms with van der Waals surface area (Å²) in [6, 6.07) is 17.2. The molecule has 0 saturated carbocycles. The van der Waals surface area contributed by atoms with Crippen LogP contribution in [0.1, 0.15) is 23.0 Å². The minimum atomic E-state index is -0.436. The molecular weight excluding hydrogens is 374 g/mol. The van der Waals surface area contributed by atoms with Gasteiger partial charge in [0.1, 0.15) is 5.56 Å². The predicted octanol–water partition coefficient (Wildman–Crippen LogP) is 5.23. The molecule has 0 bridgehead atoms. The van der Waals surface area contributed by atoms with Crippen molar-refractivity contribution in [1.29, 1.82) is 0 Å². The van der Waals surface area contributed by atoms with Gasteiger partial charge in [-0.3, -0.25) is 4.57 Å². The van der Waals surface area contributed by atoms with E-state index < -0.39 is 5.97 Å². The van der Waals surface area contributed by atoms with Gasteiger partial charge >= 0.3 is 5.97 Å². The van der Waals surface area contributed by atoms with Crippen LogP contribution in [0.3, 0.4) is 0 Å². The van der Waals surface area contributed by atoms with Crippen molar-refractivity contribution in [1.82, 2.24) is 14.5 Å². The molecule has 0 saturated heterocycles. The van der Waals surface area contributed by atoms with Gasteiger partial charge in [-0.1, -0.05) is 41.9 Å². The van der Waals surface area contributed by atoms with Crippen molar-refractivity contribution < 1.29 is 9.53 Å². The molecule has 28 heavy (non-hydrogen) atoms. The summed E-state index contributed by atoms with van der Waals surface area (Å²) < 4.78 is 7.16. The third-order valence-electron chi connectivity index (χ3n) is 4.49. The van der Waals surface area contributed by atoms with Gasteiger partial charge in [-0.05, 0) is 38.1 Å². The second-order valence-corrected chi connectivity index (χ2v) is 6.74. The number of hydrogen-bond donors (Lipinski definition) is 0. The van der Waals surface area contributed by atoms with Crippen LogP contribution in [0.4, 0.5) is 0 Å². The molecule has 4 aromatic rings. The third kappa shape index (κ3) is 3.25. The maximum atomic E-state index is 12.6. The predicted molar refractivity (Wildman–Crippen MR) is 110 cm³/mol. The van der Waals surface area contributed by atoms with Crippen molar-refractivity contribution in [3.8, 4) is 17.2 Å². The first-order valence-electron chi connectivity index (χ1n) is 8.96. The van der Waals surface area contributed by atoms with Gasteiger partial charge in [-0.2, -0.15) is 0 Å². The van der Waals surface area contributed by atoms with E-state index in [2.05, 4.69) is 4.98 Å². The average molecular weight is 392 g/mol. The van der Waals surface area contributed by atoms with Gasteiger partial charge in [0, 0.05) is 22.2 Å². The number of benzene rings is 2. The number of esters is 1. The Hall–Kier alpha value is -3.18. The van der Waals surface area contributed by atoms with Crippen molar-refractivity contribution in [2.75, 3.05) is 6.61 Å². The Balaban J connectivity index is 1.95. The molecule has 0 fully saturated rings. The summed E-state index contributed by atoms with van der Waals surface area (Å²) >= 11 is 6.03. The molecule has 0 aliphatic carbocycles. The molecule has 140 valence electrons. The molecule has 0 aliphatic heterocycles. The number of rotatable bonds is 4. The number of ether oxygens (including phenoxy) is 1. The zero-order valence-corrected chi connectivity index (χ0v) is 16.3. The van der Waals surface area contributed by atoms with Gasteiger partial charge in [0.2, 0.25) is 5.95 Å². The molecular formula is C22H18ClN3O2. The average Bonchev–Trinajstić information content (AvgIpc) is 3.12. The van der Waals surface area contributed by atoms with Gasteiger partial charge < -0.3 is 4.74 Å². The Bertz CT molecular complexity index is 1170. The largest absolute Gasteiger partial charge is 0.462 e. The normalized spacial score (nSPS) is 11.0. The van der Waals surface area contributed by atoms with E-state index in [0.717, 1.165) is 16.5 Å². The summed E-state index contributed by atoms with van der Waals surface area (Å²) in [6.07, 6.45) is 1.93. The maximum Gasteiger partial charge on any atom is 0.342 e. The fourth-order valence-electron chi connectivity index (χ4n) is 3.19. The highest BCUT2D eigenvalue weighted by molar-refractivity contribution is 6.30. The van der Waals surface area contributed by atoms with Crippen LogP contribution in [0, 0.1) is 6.92 Å². The Labute approximate surface area is 167 Å². The SMILES string of the molecule is CCOC(=O)c1c(C)nc(-n2ccc3ccccc32)nc1-c1ccc(Cl)cc1. The van der Waals surface area contributed by atoms with E-state index in [1.165, 1.54) is 0 Å². The first-order chi connectivity index (χ1) is 13.6. The molecule has 4 rings (SSSR count). The van der Waals surface area contributed by atoms with E-state index in [1.807, 2.05) is 53.2 Å². The molecule has 0 atom stereocenters. The summed E-state index contributed by atoms with van der Waals surface area (Å²) in [5.41, 5.74) is 3.22. The van der Waals surface area contributed by atoms with E-state index in [-0.39, 0.29) is 6.61 Å². The van der Waals surface area contributed by atoms with Gasteiger partial charge in [-0.15, -0.1) is 0 Å². The van der Waals surface area contributed by atoms with Crippen LogP contribution in [0.25, 0.3) is 28.1 Å². The zero-order chi connectivity index (χ0) is 19.7. The molecule has 6 heteroatoms. The number of halogens is 1. The minimum absolute atomic E-state index is 0.280. The number of aryl methyl sites for hydroxylation is 1. The number of para-hydroxylation sites is 1. The Morgan fingerprint density at radius 2 is 1.82 bits per heavy atom. The van der Waals surface area contributed by atoms with Crippen LogP contribution in [0.15, 0.2) is 60.8 Å². The highest BCUT2D eigenvalue weighted by atomic mass is 35.5. The molecule has 2 aromatic carbocycles. The fourth-order valence-corrected chi connectivity index (χ4v) is 3.31. The minimum Gasteiger partial charge on any atom is -0.462 e. The first-order valence-corrected chi connectivity index (χ1v) is 9.34. The fraction of sp³-hybridized carbons (Fsp3) is 0.136. The topological polar surface area (TPSA) is 57.0 Å². The monoisotopic (exact) mass is 391 g/mol. The summed E-state index contributed by atoms with van der Waals surface area (Å²) in [7, 11) is 0. The van der Waals surface area contributed by atoms with Gasteiger partial charge in [0.05, 0.1) is 23.5 Å². The van der Waals surface area contributed by atoms with E-state index >= 15 is 0 Å². The lowest BCUT2D eigenvalue weighted by molar-refractivity contribution is 0.0525. The highest BCUT2D eigenvalue weighted by Crippen LogP contribution is 2.28. The lowest BCUT2D eigenvalue weighted by Gasteiger charge is -2.14. The molecule has 2 heterocycles. The second kappa shape index (κ2) is 7.44. The number of aromatic nitrogens is 3. The molecule has 0 unspecified atom stereocenters. The number of fused-ring (bicyclic) bond motifs is 1. The summed E-state index contributed by atoms with van der Waals surface area (Å²) in [4.78, 5) is 21.9. The molecule has 0 radical (unpaired) electrons. The van der Waals surface area contributed by atoms with Crippen LogP contribution in [0.5, 0.6) is 0 Å². The van der Waals surface area contributed by atoms with Gasteiger partial charge in [0.15, 0.2) is 0 Å². The Morgan fingerprint density at radius 1 is 1.07 bits per heavy atom. The van der Waals surface area contributed by atoms with Crippen molar-refractivity contribution in [2.45, 2.75) is 13.8 Å². The number of hydrogen-bond acceptors (Lipinski definition) is 4. The van der Waals surface area contributed by atoms with Crippen LogP contribution in [0.2, 0.25) is 5.02 Å². The van der Waals surface area contributed by atoms with E-state index in [9.17, 15) is 4.79 Å². The lowest BCUT2D eigenvalue weighted by atomic mass is 10.0. The third-order valence-corrected chi connectivity index (χ3v) is 4.74. The van der Waals surface area contributed by atoms with Crippen molar-refractivity contribution >= 4 is 28.5 Å². The van der Waals surface area contributed by atoms with Crippen LogP contribution in [-0.2, 0) is 4.74 Å². The molecule has 0 amide bonds. The van der Waals surface area contributed by atoms with E-state index in [4.69, 9.17) is 21.3 Å². The Morgan fingerprint density at radius 3 is 2.57 bits per heavy atom. The summed E-state index contributed by atoms with van der Waals surface area (Å²) in [5, 5.41) is 1.70. The van der Waals surface area contributed by atoms with E-state index in [0.29, 0.717) is 27.9 Å². The molecule has 0 N–H and O–H groups in total. The lowest BCUT2D eigenvalue weighted by Crippen LogP contribution is -2.14. The number of carbonyl (C=O) groups excluding carboxylic acids is 1. The molecule has 2 aromatic heterocycles. The van der Waals surface area contributed by atoms with Crippen molar-refractivity contribution in [3.63, 3.8) is 0 Å². The van der Waals surface area contributed by atoms with Crippen LogP contribution in [-0.4, -0.2) is 27.1 Å². The van der Waals surface area contributed by atoms with Crippen molar-refractivity contribution in [2.24, 2.45) is 0 Å². The Kier molecular flexibility index (Phi) is 4.84. The number of nitrogens with zero attached hydrogens (tertiary/aromatic N) is 3. The summed E-state index contributed by atoms with van der Waals surface area (Å²) in [5.74, 6) is 0.0607. The smallest absolute Gasteiger partial charge is 0.342 e. The molecule has 5 nitrogen and oxygen atoms in total. The van der Waals surface area contributed by atoms with Crippen LogP contribution >= 0.6 is 11.6 Å². The standard InChI is InChI=1S/C22H18ClN3O2/c1-3-28-21(27)19-14(2)24-22(25-20(19)16-8-10-17(23)11-9-16)26-13-12-15-6-4-5-7-18(15)26/h4-13H,3H2,1-2H3. The molecule has 0 aliphatic rings. The van der Waals surface area contributed by atoms with E-state index in [1.54, 1.807) is 26.0 Å². The quantitative estimate of drug-likeness (QED) is 0.447. The highest BCUT2D eigenvalue weighted by Gasteiger charge is 2.22. The van der Waals surface area contributed by atoms with Crippen LogP contribution < -0.4 is 0 Å².